The molecule has 2 saturated heterocycles. The van der Waals surface area contributed by atoms with E-state index in [1.807, 2.05) is 0 Å². The van der Waals surface area contributed by atoms with Crippen LogP contribution in [0.15, 0.2) is 24.3 Å². The molecule has 0 aliphatic carbocycles. The number of fused-ring (bicyclic) bond motifs is 1. The van der Waals surface area contributed by atoms with Crippen LogP contribution in [0.4, 0.5) is 4.39 Å². The van der Waals surface area contributed by atoms with E-state index in [1.165, 1.54) is 6.07 Å². The second kappa shape index (κ2) is 7.39. The second-order valence-electron chi connectivity index (χ2n) is 6.60. The van der Waals surface area contributed by atoms with Gasteiger partial charge in [0.25, 0.3) is 0 Å². The fraction of sp³-hybridized carbons (Fsp3) is 0.588. The summed E-state index contributed by atoms with van der Waals surface area (Å²) in [4.78, 5) is 16.4. The fourth-order valence-electron chi connectivity index (χ4n) is 3.73. The van der Waals surface area contributed by atoms with Crippen molar-refractivity contribution in [3.05, 3.63) is 35.6 Å². The molecular formula is C17H23FN2O4S. The first-order chi connectivity index (χ1) is 11.9. The zero-order valence-corrected chi connectivity index (χ0v) is 15.0. The van der Waals surface area contributed by atoms with Crippen molar-refractivity contribution in [2.75, 3.05) is 44.9 Å². The van der Waals surface area contributed by atoms with Gasteiger partial charge in [-0.1, -0.05) is 18.2 Å². The highest BCUT2D eigenvalue weighted by atomic mass is 32.2. The van der Waals surface area contributed by atoms with Crippen LogP contribution in [0, 0.1) is 5.82 Å². The molecule has 0 N–H and O–H groups in total. The molecule has 0 aromatic heterocycles. The molecule has 0 radical (unpaired) electrons. The molecule has 2 heterocycles. The Labute approximate surface area is 147 Å². The molecule has 0 spiro atoms. The predicted molar refractivity (Wildman–Crippen MR) is 91.5 cm³/mol. The summed E-state index contributed by atoms with van der Waals surface area (Å²) in [5.41, 5.74) is 0.340. The van der Waals surface area contributed by atoms with Crippen LogP contribution in [0.25, 0.3) is 0 Å². The van der Waals surface area contributed by atoms with Crippen molar-refractivity contribution in [2.45, 2.75) is 18.5 Å². The van der Waals surface area contributed by atoms with Crippen LogP contribution < -0.4 is 0 Å². The SMILES string of the molecule is COCCN1CCN(C(=O)Cc2ccccc2F)C2CS(=O)(=O)CC21. The van der Waals surface area contributed by atoms with Gasteiger partial charge < -0.3 is 9.64 Å². The number of hydrogen-bond donors (Lipinski definition) is 0. The maximum atomic E-state index is 13.8. The van der Waals surface area contributed by atoms with Crippen LogP contribution in [0.2, 0.25) is 0 Å². The molecule has 6 nitrogen and oxygen atoms in total. The van der Waals surface area contributed by atoms with Crippen LogP contribution in [-0.2, 0) is 25.8 Å². The summed E-state index contributed by atoms with van der Waals surface area (Å²) < 4.78 is 43.2. The van der Waals surface area contributed by atoms with E-state index in [-0.39, 0.29) is 35.9 Å². The normalized spacial score (nSPS) is 25.8. The van der Waals surface area contributed by atoms with Gasteiger partial charge in [-0.05, 0) is 11.6 Å². The number of carbonyl (C=O) groups is 1. The molecule has 2 unspecified atom stereocenters. The van der Waals surface area contributed by atoms with Gasteiger partial charge in [0.1, 0.15) is 5.82 Å². The van der Waals surface area contributed by atoms with E-state index >= 15 is 0 Å². The molecule has 1 aromatic rings. The molecule has 1 amide bonds. The molecule has 0 saturated carbocycles. The molecule has 138 valence electrons. The van der Waals surface area contributed by atoms with Crippen LogP contribution in [0.5, 0.6) is 0 Å². The summed E-state index contributed by atoms with van der Waals surface area (Å²) in [5, 5.41) is 0. The van der Waals surface area contributed by atoms with Gasteiger partial charge in [-0.15, -0.1) is 0 Å². The molecule has 2 fully saturated rings. The zero-order chi connectivity index (χ0) is 18.0. The molecule has 8 heteroatoms. The summed E-state index contributed by atoms with van der Waals surface area (Å²) in [5.74, 6) is -0.594. The molecule has 2 atom stereocenters. The van der Waals surface area contributed by atoms with Crippen LogP contribution in [0.1, 0.15) is 5.56 Å². The smallest absolute Gasteiger partial charge is 0.227 e. The lowest BCUT2D eigenvalue weighted by atomic mass is 10.0. The highest BCUT2D eigenvalue weighted by molar-refractivity contribution is 7.91. The number of amides is 1. The lowest BCUT2D eigenvalue weighted by molar-refractivity contribution is -0.136. The summed E-state index contributed by atoms with van der Waals surface area (Å²) in [7, 11) is -1.58. The van der Waals surface area contributed by atoms with Gasteiger partial charge >= 0.3 is 0 Å². The number of nitrogens with zero attached hydrogens (tertiary/aromatic N) is 2. The Balaban J connectivity index is 1.76. The van der Waals surface area contributed by atoms with Gasteiger partial charge in [0, 0.05) is 32.8 Å². The molecule has 3 rings (SSSR count). The largest absolute Gasteiger partial charge is 0.383 e. The van der Waals surface area contributed by atoms with Crippen LogP contribution >= 0.6 is 0 Å². The molecule has 2 aliphatic heterocycles. The lowest BCUT2D eigenvalue weighted by Crippen LogP contribution is -2.61. The van der Waals surface area contributed by atoms with Crippen molar-refractivity contribution >= 4 is 15.7 Å². The minimum atomic E-state index is -3.18. The maximum absolute atomic E-state index is 13.8. The number of hydrogen-bond acceptors (Lipinski definition) is 5. The maximum Gasteiger partial charge on any atom is 0.227 e. The van der Waals surface area contributed by atoms with Crippen molar-refractivity contribution in [1.82, 2.24) is 9.80 Å². The quantitative estimate of drug-likeness (QED) is 0.747. The van der Waals surface area contributed by atoms with Crippen LogP contribution in [-0.4, -0.2) is 81.1 Å². The van der Waals surface area contributed by atoms with E-state index in [4.69, 9.17) is 4.74 Å². The molecule has 0 bridgehead atoms. The van der Waals surface area contributed by atoms with E-state index in [1.54, 1.807) is 30.2 Å². The average molecular weight is 370 g/mol. The van der Waals surface area contributed by atoms with Gasteiger partial charge in [-0.2, -0.15) is 0 Å². The highest BCUT2D eigenvalue weighted by Gasteiger charge is 2.47. The summed E-state index contributed by atoms with van der Waals surface area (Å²) in [6.45, 7) is 2.21. The van der Waals surface area contributed by atoms with E-state index in [9.17, 15) is 17.6 Å². The summed E-state index contributed by atoms with van der Waals surface area (Å²) in [6, 6.07) is 5.61. The average Bonchev–Trinajstić information content (AvgIpc) is 2.89. The number of carbonyl (C=O) groups excluding carboxylic acids is 1. The third kappa shape index (κ3) is 4.02. The van der Waals surface area contributed by atoms with Gasteiger partial charge in [-0.3, -0.25) is 9.69 Å². The van der Waals surface area contributed by atoms with E-state index < -0.39 is 15.7 Å². The highest BCUT2D eigenvalue weighted by Crippen LogP contribution is 2.27. The van der Waals surface area contributed by atoms with Crippen molar-refractivity contribution in [3.8, 4) is 0 Å². The Hall–Kier alpha value is -1.51. The number of halogens is 1. The lowest BCUT2D eigenvalue weighted by Gasteiger charge is -2.44. The molecule has 2 aliphatic rings. The Morgan fingerprint density at radius 1 is 1.24 bits per heavy atom. The summed E-state index contributed by atoms with van der Waals surface area (Å²) in [6.07, 6.45) is -0.0476. The zero-order valence-electron chi connectivity index (χ0n) is 14.2. The number of piperazine rings is 1. The number of sulfone groups is 1. The minimum absolute atomic E-state index is 0.0237. The van der Waals surface area contributed by atoms with Gasteiger partial charge in [0.15, 0.2) is 9.84 Å². The van der Waals surface area contributed by atoms with E-state index in [0.29, 0.717) is 31.8 Å². The number of methoxy groups -OCH3 is 1. The first-order valence-electron chi connectivity index (χ1n) is 8.37. The van der Waals surface area contributed by atoms with Crippen molar-refractivity contribution < 1.29 is 22.3 Å². The number of rotatable bonds is 5. The van der Waals surface area contributed by atoms with Gasteiger partial charge in [-0.25, -0.2) is 12.8 Å². The first kappa shape index (κ1) is 18.3. The van der Waals surface area contributed by atoms with Crippen molar-refractivity contribution in [3.63, 3.8) is 0 Å². The second-order valence-corrected chi connectivity index (χ2v) is 8.75. The van der Waals surface area contributed by atoms with Gasteiger partial charge in [0.2, 0.25) is 5.91 Å². The fourth-order valence-corrected chi connectivity index (χ4v) is 5.74. The number of benzene rings is 1. The third-order valence-electron chi connectivity index (χ3n) is 4.99. The van der Waals surface area contributed by atoms with Gasteiger partial charge in [0.05, 0.1) is 30.6 Å². The summed E-state index contributed by atoms with van der Waals surface area (Å²) >= 11 is 0. The van der Waals surface area contributed by atoms with E-state index in [2.05, 4.69) is 4.90 Å². The Morgan fingerprint density at radius 3 is 2.68 bits per heavy atom. The van der Waals surface area contributed by atoms with Crippen molar-refractivity contribution in [2.24, 2.45) is 0 Å². The number of ether oxygens (including phenoxy) is 1. The topological polar surface area (TPSA) is 66.9 Å². The Bertz CT molecular complexity index is 740. The monoisotopic (exact) mass is 370 g/mol. The third-order valence-corrected chi connectivity index (χ3v) is 6.69. The minimum Gasteiger partial charge on any atom is -0.383 e. The molecule has 1 aromatic carbocycles. The first-order valence-corrected chi connectivity index (χ1v) is 10.2. The Morgan fingerprint density at radius 2 is 1.96 bits per heavy atom. The van der Waals surface area contributed by atoms with Crippen LogP contribution in [0.3, 0.4) is 0 Å². The van der Waals surface area contributed by atoms with E-state index in [0.717, 1.165) is 0 Å². The van der Waals surface area contributed by atoms with Crippen molar-refractivity contribution in [1.29, 1.82) is 0 Å². The molecular weight excluding hydrogens is 347 g/mol. The standard InChI is InChI=1S/C17H23FN2O4S/c1-24-9-8-19-6-7-20(16-12-25(22,23)11-15(16)19)17(21)10-13-4-2-3-5-14(13)18/h2-5,15-16H,6-12H2,1H3. The Kier molecular flexibility index (Phi) is 5.41. The predicted octanol–water partition coefficient (Wildman–Crippen LogP) is 0.324. The molecule has 25 heavy (non-hydrogen) atoms.